The van der Waals surface area contributed by atoms with Crippen LogP contribution >= 0.6 is 27.3 Å². The summed E-state index contributed by atoms with van der Waals surface area (Å²) in [5.74, 6) is 0.325. The molecule has 1 heterocycles. The minimum atomic E-state index is 0.325. The number of hydrogen-bond acceptors (Lipinski definition) is 2. The summed E-state index contributed by atoms with van der Waals surface area (Å²) < 4.78 is 1.03. The lowest BCUT2D eigenvalue weighted by Gasteiger charge is -2.01. The third-order valence-corrected chi connectivity index (χ3v) is 3.64. The predicted octanol–water partition coefficient (Wildman–Crippen LogP) is 3.88. The summed E-state index contributed by atoms with van der Waals surface area (Å²) in [6, 6.07) is 9.32. The zero-order chi connectivity index (χ0) is 9.26. The van der Waals surface area contributed by atoms with E-state index in [9.17, 15) is 5.11 Å². The Morgan fingerprint density at radius 2 is 1.92 bits per heavy atom. The van der Waals surface area contributed by atoms with Crippen molar-refractivity contribution in [3.05, 3.63) is 40.2 Å². The van der Waals surface area contributed by atoms with Crippen LogP contribution in [0.5, 0.6) is 5.75 Å². The molecule has 0 amide bonds. The quantitative estimate of drug-likeness (QED) is 0.819. The highest BCUT2D eigenvalue weighted by Gasteiger charge is 2.07. The first-order valence-electron chi connectivity index (χ1n) is 3.80. The summed E-state index contributed by atoms with van der Waals surface area (Å²) in [5, 5.41) is 11.6. The number of halogens is 1. The zero-order valence-electron chi connectivity index (χ0n) is 6.70. The molecule has 0 saturated carbocycles. The molecule has 0 saturated heterocycles. The summed E-state index contributed by atoms with van der Waals surface area (Å²) in [7, 11) is 0. The number of phenolic OH excluding ortho intramolecular Hbond substituents is 1. The Morgan fingerprint density at radius 3 is 2.54 bits per heavy atom. The minimum absolute atomic E-state index is 0.325. The molecule has 1 N–H and O–H groups in total. The Balaban J connectivity index is 2.59. The van der Waals surface area contributed by atoms with E-state index in [1.807, 2.05) is 29.6 Å². The Labute approximate surface area is 88.8 Å². The van der Waals surface area contributed by atoms with E-state index >= 15 is 0 Å². The molecule has 1 aromatic heterocycles. The molecule has 0 aliphatic rings. The van der Waals surface area contributed by atoms with Gasteiger partial charge < -0.3 is 5.11 Å². The van der Waals surface area contributed by atoms with Crippen LogP contribution in [-0.2, 0) is 0 Å². The molecular weight excluding hydrogens is 248 g/mol. The van der Waals surface area contributed by atoms with Crippen molar-refractivity contribution in [1.82, 2.24) is 0 Å². The molecule has 1 aromatic carbocycles. The van der Waals surface area contributed by atoms with Crippen LogP contribution in [0.4, 0.5) is 0 Å². The topological polar surface area (TPSA) is 20.2 Å². The van der Waals surface area contributed by atoms with Gasteiger partial charge in [0.1, 0.15) is 5.75 Å². The summed E-state index contributed by atoms with van der Waals surface area (Å²) in [4.78, 5) is 1.07. The van der Waals surface area contributed by atoms with E-state index < -0.39 is 0 Å². The summed E-state index contributed by atoms with van der Waals surface area (Å²) in [6.45, 7) is 0. The molecule has 0 spiro atoms. The molecule has 2 aromatic rings. The maximum Gasteiger partial charge on any atom is 0.124 e. The average Bonchev–Trinajstić information content (AvgIpc) is 2.52. The van der Waals surface area contributed by atoms with Crippen LogP contribution in [0.25, 0.3) is 10.4 Å². The van der Waals surface area contributed by atoms with Crippen LogP contribution in [0.3, 0.4) is 0 Å². The van der Waals surface area contributed by atoms with Crippen molar-refractivity contribution in [2.75, 3.05) is 0 Å². The second-order valence-electron chi connectivity index (χ2n) is 2.61. The van der Waals surface area contributed by atoms with Crippen LogP contribution < -0.4 is 0 Å². The highest BCUT2D eigenvalue weighted by atomic mass is 79.9. The van der Waals surface area contributed by atoms with E-state index in [2.05, 4.69) is 15.9 Å². The Bertz CT molecular complexity index is 422. The molecule has 1 nitrogen and oxygen atoms in total. The van der Waals surface area contributed by atoms with Gasteiger partial charge in [0.15, 0.2) is 0 Å². The van der Waals surface area contributed by atoms with Gasteiger partial charge >= 0.3 is 0 Å². The SMILES string of the molecule is Oc1ccccc1-c1sccc1Br. The number of benzene rings is 1. The van der Waals surface area contributed by atoms with E-state index in [0.717, 1.165) is 14.9 Å². The van der Waals surface area contributed by atoms with Gasteiger partial charge in [0, 0.05) is 10.0 Å². The molecule has 0 atom stereocenters. The summed E-state index contributed by atoms with van der Waals surface area (Å²) >= 11 is 5.05. The Morgan fingerprint density at radius 1 is 1.15 bits per heavy atom. The summed E-state index contributed by atoms with van der Waals surface area (Å²) in [6.07, 6.45) is 0. The van der Waals surface area contributed by atoms with Gasteiger partial charge in [0.05, 0.1) is 4.88 Å². The van der Waals surface area contributed by atoms with Crippen LogP contribution in [0.1, 0.15) is 0 Å². The molecule has 0 unspecified atom stereocenters. The van der Waals surface area contributed by atoms with E-state index in [1.54, 1.807) is 17.4 Å². The van der Waals surface area contributed by atoms with Gasteiger partial charge in [-0.05, 0) is 39.5 Å². The van der Waals surface area contributed by atoms with Gasteiger partial charge in [0.2, 0.25) is 0 Å². The maximum absolute atomic E-state index is 9.59. The molecule has 66 valence electrons. The van der Waals surface area contributed by atoms with Crippen LogP contribution in [0.2, 0.25) is 0 Å². The van der Waals surface area contributed by atoms with Gasteiger partial charge in [-0.3, -0.25) is 0 Å². The molecule has 0 radical (unpaired) electrons. The molecular formula is C10H7BrOS. The first-order chi connectivity index (χ1) is 6.29. The molecule has 13 heavy (non-hydrogen) atoms. The second kappa shape index (κ2) is 3.52. The first-order valence-corrected chi connectivity index (χ1v) is 5.47. The van der Waals surface area contributed by atoms with Crippen LogP contribution in [-0.4, -0.2) is 5.11 Å². The number of para-hydroxylation sites is 1. The van der Waals surface area contributed by atoms with Gasteiger partial charge in [-0.25, -0.2) is 0 Å². The second-order valence-corrected chi connectivity index (χ2v) is 4.39. The van der Waals surface area contributed by atoms with Gasteiger partial charge in [-0.2, -0.15) is 0 Å². The van der Waals surface area contributed by atoms with Crippen molar-refractivity contribution in [1.29, 1.82) is 0 Å². The largest absolute Gasteiger partial charge is 0.507 e. The van der Waals surface area contributed by atoms with Gasteiger partial charge in [-0.1, -0.05) is 12.1 Å². The predicted molar refractivity (Wildman–Crippen MR) is 59.1 cm³/mol. The fourth-order valence-electron chi connectivity index (χ4n) is 1.15. The van der Waals surface area contributed by atoms with E-state index in [4.69, 9.17) is 0 Å². The van der Waals surface area contributed by atoms with Gasteiger partial charge in [0.25, 0.3) is 0 Å². The van der Waals surface area contributed by atoms with E-state index in [0.29, 0.717) is 5.75 Å². The van der Waals surface area contributed by atoms with Gasteiger partial charge in [-0.15, -0.1) is 11.3 Å². The van der Waals surface area contributed by atoms with Crippen molar-refractivity contribution >= 4 is 27.3 Å². The van der Waals surface area contributed by atoms with Crippen molar-refractivity contribution in [3.8, 4) is 16.2 Å². The number of hydrogen-bond donors (Lipinski definition) is 1. The van der Waals surface area contributed by atoms with Crippen LogP contribution in [0.15, 0.2) is 40.2 Å². The molecule has 3 heteroatoms. The Kier molecular flexibility index (Phi) is 2.38. The first kappa shape index (κ1) is 8.78. The van der Waals surface area contributed by atoms with Crippen molar-refractivity contribution in [2.45, 2.75) is 0 Å². The monoisotopic (exact) mass is 254 g/mol. The standard InChI is InChI=1S/C10H7BrOS/c11-8-5-6-13-10(8)7-3-1-2-4-9(7)12/h1-6,12H. The lowest BCUT2D eigenvalue weighted by Crippen LogP contribution is -1.73. The smallest absolute Gasteiger partial charge is 0.124 e. The lowest BCUT2D eigenvalue weighted by molar-refractivity contribution is 0.477. The molecule has 2 rings (SSSR count). The normalized spacial score (nSPS) is 10.2. The number of rotatable bonds is 1. The molecule has 0 bridgehead atoms. The number of thiophene rings is 1. The third kappa shape index (κ3) is 1.62. The maximum atomic E-state index is 9.59. The van der Waals surface area contributed by atoms with E-state index in [1.165, 1.54) is 0 Å². The number of phenols is 1. The lowest BCUT2D eigenvalue weighted by atomic mass is 10.2. The highest BCUT2D eigenvalue weighted by Crippen LogP contribution is 2.37. The molecule has 0 aliphatic heterocycles. The highest BCUT2D eigenvalue weighted by molar-refractivity contribution is 9.10. The fourth-order valence-corrected chi connectivity index (χ4v) is 2.77. The van der Waals surface area contributed by atoms with Crippen molar-refractivity contribution < 1.29 is 5.11 Å². The summed E-state index contributed by atoms with van der Waals surface area (Å²) in [5.41, 5.74) is 0.879. The number of aromatic hydroxyl groups is 1. The van der Waals surface area contributed by atoms with E-state index in [-0.39, 0.29) is 0 Å². The van der Waals surface area contributed by atoms with Crippen molar-refractivity contribution in [3.63, 3.8) is 0 Å². The molecule has 0 fully saturated rings. The zero-order valence-corrected chi connectivity index (χ0v) is 9.10. The average molecular weight is 255 g/mol. The third-order valence-electron chi connectivity index (χ3n) is 1.77. The Hall–Kier alpha value is -0.800. The fraction of sp³-hybridized carbons (Fsp3) is 0. The molecule has 0 aliphatic carbocycles. The van der Waals surface area contributed by atoms with Crippen molar-refractivity contribution in [2.24, 2.45) is 0 Å². The van der Waals surface area contributed by atoms with Crippen LogP contribution in [0, 0.1) is 0 Å². The minimum Gasteiger partial charge on any atom is -0.507 e.